The molecule has 2 unspecified atom stereocenters. The van der Waals surface area contributed by atoms with Crippen molar-refractivity contribution in [3.8, 4) is 6.07 Å². The van der Waals surface area contributed by atoms with Gasteiger partial charge in [0.15, 0.2) is 5.25 Å². The van der Waals surface area contributed by atoms with Gasteiger partial charge in [-0.25, -0.2) is 13.1 Å². The molecule has 0 spiro atoms. The first-order valence-corrected chi connectivity index (χ1v) is 6.89. The fourth-order valence-electron chi connectivity index (χ4n) is 1.09. The van der Waals surface area contributed by atoms with Gasteiger partial charge in [-0.05, 0) is 19.8 Å². The third kappa shape index (κ3) is 3.98. The summed E-state index contributed by atoms with van der Waals surface area (Å²) in [5, 5.41) is 16.5. The first-order chi connectivity index (χ1) is 7.73. The zero-order chi connectivity index (χ0) is 13.7. The van der Waals surface area contributed by atoms with Gasteiger partial charge in [-0.2, -0.15) is 5.26 Å². The summed E-state index contributed by atoms with van der Waals surface area (Å²) in [7, 11) is -3.77. The Morgan fingerprint density at radius 1 is 1.53 bits per heavy atom. The molecule has 0 aliphatic heterocycles. The minimum Gasteiger partial charge on any atom is -0.481 e. The minimum atomic E-state index is -3.77. The Morgan fingerprint density at radius 3 is 2.35 bits per heavy atom. The molecule has 0 aromatic heterocycles. The molecule has 0 rings (SSSR count). The van der Waals surface area contributed by atoms with E-state index < -0.39 is 26.7 Å². The Balaban J connectivity index is 4.79. The van der Waals surface area contributed by atoms with Crippen LogP contribution >= 0.6 is 0 Å². The van der Waals surface area contributed by atoms with Gasteiger partial charge in [0.05, 0.1) is 11.5 Å². The van der Waals surface area contributed by atoms with Crippen LogP contribution in [0.3, 0.4) is 0 Å². The second-order valence-electron chi connectivity index (χ2n) is 4.11. The highest BCUT2D eigenvalue weighted by molar-refractivity contribution is 7.90. The largest absolute Gasteiger partial charge is 0.481 e. The SMILES string of the molecule is CCC(C#N)S(=O)(=O)NCC(C)(CC)C(=O)O. The lowest BCUT2D eigenvalue weighted by Gasteiger charge is -2.23. The number of hydrogen-bond donors (Lipinski definition) is 2. The number of nitrogens with one attached hydrogen (secondary N) is 1. The summed E-state index contributed by atoms with van der Waals surface area (Å²) in [5.74, 6) is -1.06. The van der Waals surface area contributed by atoms with Crippen LogP contribution in [0.25, 0.3) is 0 Å². The molecule has 6 nitrogen and oxygen atoms in total. The average Bonchev–Trinajstić information content (AvgIpc) is 2.27. The highest BCUT2D eigenvalue weighted by Gasteiger charge is 2.34. The zero-order valence-electron chi connectivity index (χ0n) is 10.2. The van der Waals surface area contributed by atoms with Crippen molar-refractivity contribution in [2.24, 2.45) is 5.41 Å². The minimum absolute atomic E-state index is 0.168. The molecule has 0 fully saturated rings. The third-order valence-corrected chi connectivity index (χ3v) is 4.58. The van der Waals surface area contributed by atoms with E-state index in [1.54, 1.807) is 19.9 Å². The Labute approximate surface area is 102 Å². The highest BCUT2D eigenvalue weighted by atomic mass is 32.2. The molecule has 0 saturated heterocycles. The quantitative estimate of drug-likeness (QED) is 0.702. The van der Waals surface area contributed by atoms with Crippen LogP contribution in [-0.4, -0.2) is 31.3 Å². The van der Waals surface area contributed by atoms with Crippen molar-refractivity contribution in [1.82, 2.24) is 4.72 Å². The van der Waals surface area contributed by atoms with E-state index in [1.165, 1.54) is 6.92 Å². The number of nitrogens with zero attached hydrogens (tertiary/aromatic N) is 1. The normalized spacial score (nSPS) is 16.8. The average molecular weight is 262 g/mol. The van der Waals surface area contributed by atoms with Gasteiger partial charge in [-0.3, -0.25) is 4.79 Å². The fourth-order valence-corrected chi connectivity index (χ4v) is 2.39. The van der Waals surface area contributed by atoms with E-state index in [4.69, 9.17) is 10.4 Å². The van der Waals surface area contributed by atoms with Gasteiger partial charge in [-0.15, -0.1) is 0 Å². The van der Waals surface area contributed by atoms with E-state index in [1.807, 2.05) is 0 Å². The molecule has 0 radical (unpaired) electrons. The van der Waals surface area contributed by atoms with E-state index in [9.17, 15) is 13.2 Å². The standard InChI is InChI=1S/C10H18N2O4S/c1-4-8(6-11)17(15,16)12-7-10(3,5-2)9(13)14/h8,12H,4-5,7H2,1-3H3,(H,13,14). The summed E-state index contributed by atoms with van der Waals surface area (Å²) in [6.45, 7) is 4.51. The van der Waals surface area contributed by atoms with Gasteiger partial charge in [0.2, 0.25) is 10.0 Å². The van der Waals surface area contributed by atoms with Crippen LogP contribution in [0.5, 0.6) is 0 Å². The van der Waals surface area contributed by atoms with Gasteiger partial charge < -0.3 is 5.11 Å². The number of rotatable bonds is 7. The maximum Gasteiger partial charge on any atom is 0.310 e. The molecule has 0 aliphatic carbocycles. The fraction of sp³-hybridized carbons (Fsp3) is 0.800. The Kier molecular flexibility index (Phi) is 5.58. The number of hydrogen-bond acceptors (Lipinski definition) is 4. The van der Waals surface area contributed by atoms with Crippen LogP contribution in [0.1, 0.15) is 33.6 Å². The van der Waals surface area contributed by atoms with Crippen LogP contribution in [0.4, 0.5) is 0 Å². The first kappa shape index (κ1) is 15.9. The van der Waals surface area contributed by atoms with Crippen LogP contribution in [0.2, 0.25) is 0 Å². The molecule has 17 heavy (non-hydrogen) atoms. The topological polar surface area (TPSA) is 107 Å². The van der Waals surface area contributed by atoms with Crippen molar-refractivity contribution in [1.29, 1.82) is 5.26 Å². The summed E-state index contributed by atoms with van der Waals surface area (Å²) in [6, 6.07) is 1.68. The van der Waals surface area contributed by atoms with Gasteiger partial charge in [0.25, 0.3) is 0 Å². The molecule has 0 amide bonds. The van der Waals surface area contributed by atoms with Gasteiger partial charge in [0, 0.05) is 6.54 Å². The number of carboxylic acid groups (broad SMARTS) is 1. The third-order valence-electron chi connectivity index (χ3n) is 2.85. The molecule has 2 atom stereocenters. The molecule has 98 valence electrons. The Morgan fingerprint density at radius 2 is 2.06 bits per heavy atom. The van der Waals surface area contributed by atoms with E-state index in [-0.39, 0.29) is 13.0 Å². The number of sulfonamides is 1. The summed E-state index contributed by atoms with van der Waals surface area (Å²) in [6.07, 6.45) is 0.468. The van der Waals surface area contributed by atoms with E-state index >= 15 is 0 Å². The molecule has 0 heterocycles. The number of nitriles is 1. The van der Waals surface area contributed by atoms with E-state index in [0.29, 0.717) is 6.42 Å². The molecule has 0 aromatic rings. The van der Waals surface area contributed by atoms with Crippen molar-refractivity contribution in [2.45, 2.75) is 38.9 Å². The molecule has 0 aromatic carbocycles. The Hall–Kier alpha value is -1.13. The maximum absolute atomic E-state index is 11.7. The molecule has 2 N–H and O–H groups in total. The smallest absolute Gasteiger partial charge is 0.310 e. The number of carbonyl (C=O) groups is 1. The molecular formula is C10H18N2O4S. The predicted molar refractivity (Wildman–Crippen MR) is 62.6 cm³/mol. The number of carboxylic acids is 1. The van der Waals surface area contributed by atoms with Crippen molar-refractivity contribution < 1.29 is 18.3 Å². The maximum atomic E-state index is 11.7. The summed E-state index contributed by atoms with van der Waals surface area (Å²) in [4.78, 5) is 11.0. The van der Waals surface area contributed by atoms with Crippen molar-refractivity contribution >= 4 is 16.0 Å². The van der Waals surface area contributed by atoms with Gasteiger partial charge in [0.1, 0.15) is 0 Å². The van der Waals surface area contributed by atoms with Gasteiger partial charge in [-0.1, -0.05) is 13.8 Å². The summed E-state index contributed by atoms with van der Waals surface area (Å²) < 4.78 is 25.5. The second kappa shape index (κ2) is 5.98. The lowest BCUT2D eigenvalue weighted by atomic mass is 9.88. The second-order valence-corrected chi connectivity index (χ2v) is 6.06. The molecular weight excluding hydrogens is 244 g/mol. The lowest BCUT2D eigenvalue weighted by Crippen LogP contribution is -2.43. The predicted octanol–water partition coefficient (Wildman–Crippen LogP) is 0.709. The van der Waals surface area contributed by atoms with Crippen LogP contribution in [0, 0.1) is 16.7 Å². The van der Waals surface area contributed by atoms with E-state index in [2.05, 4.69) is 4.72 Å². The summed E-state index contributed by atoms with van der Waals surface area (Å²) in [5.41, 5.74) is -1.15. The van der Waals surface area contributed by atoms with Crippen molar-refractivity contribution in [3.05, 3.63) is 0 Å². The first-order valence-electron chi connectivity index (χ1n) is 5.35. The van der Waals surface area contributed by atoms with Crippen LogP contribution in [-0.2, 0) is 14.8 Å². The molecule has 7 heteroatoms. The van der Waals surface area contributed by atoms with Crippen molar-refractivity contribution in [3.63, 3.8) is 0 Å². The van der Waals surface area contributed by atoms with Crippen LogP contribution < -0.4 is 4.72 Å². The van der Waals surface area contributed by atoms with Crippen molar-refractivity contribution in [2.75, 3.05) is 6.54 Å². The molecule has 0 saturated carbocycles. The van der Waals surface area contributed by atoms with E-state index in [0.717, 1.165) is 0 Å². The monoisotopic (exact) mass is 262 g/mol. The molecule has 0 aliphatic rings. The number of aliphatic carboxylic acids is 1. The lowest BCUT2D eigenvalue weighted by molar-refractivity contribution is -0.147. The summed E-state index contributed by atoms with van der Waals surface area (Å²) >= 11 is 0. The zero-order valence-corrected chi connectivity index (χ0v) is 11.0. The highest BCUT2D eigenvalue weighted by Crippen LogP contribution is 2.20. The van der Waals surface area contributed by atoms with Crippen LogP contribution in [0.15, 0.2) is 0 Å². The Bertz CT molecular complexity index is 413. The van der Waals surface area contributed by atoms with Gasteiger partial charge >= 0.3 is 5.97 Å². The molecule has 0 bridgehead atoms.